The maximum Gasteiger partial charge on any atom is 0.328 e. The van der Waals surface area contributed by atoms with Crippen molar-refractivity contribution >= 4 is 17.8 Å². The van der Waals surface area contributed by atoms with Gasteiger partial charge in [0, 0.05) is 12.5 Å². The molecule has 1 heterocycles. The molecule has 1 saturated heterocycles. The quantitative estimate of drug-likeness (QED) is 0.719. The molecule has 112 valence electrons. The van der Waals surface area contributed by atoms with Crippen LogP contribution in [0.1, 0.15) is 38.5 Å². The molecule has 0 spiro atoms. The van der Waals surface area contributed by atoms with Gasteiger partial charge in [-0.15, -0.1) is 0 Å². The Morgan fingerprint density at radius 1 is 1.00 bits per heavy atom. The second kappa shape index (κ2) is 6.24. The highest BCUT2D eigenvalue weighted by Crippen LogP contribution is 2.33. The van der Waals surface area contributed by atoms with E-state index in [1.165, 1.54) is 14.2 Å². The van der Waals surface area contributed by atoms with E-state index in [1.54, 1.807) is 4.90 Å². The minimum atomic E-state index is -0.452. The summed E-state index contributed by atoms with van der Waals surface area (Å²) < 4.78 is 9.53. The van der Waals surface area contributed by atoms with Gasteiger partial charge in [0.2, 0.25) is 5.91 Å². The summed E-state index contributed by atoms with van der Waals surface area (Å²) in [5, 5.41) is 0. The summed E-state index contributed by atoms with van der Waals surface area (Å²) in [4.78, 5) is 36.9. The summed E-state index contributed by atoms with van der Waals surface area (Å²) in [6.45, 7) is 0. The van der Waals surface area contributed by atoms with Crippen LogP contribution in [0.2, 0.25) is 0 Å². The summed E-state index contributed by atoms with van der Waals surface area (Å²) in [6.07, 6.45) is 3.81. The van der Waals surface area contributed by atoms with Crippen molar-refractivity contribution in [2.45, 2.75) is 50.6 Å². The minimum absolute atomic E-state index is 0.0157. The number of nitrogens with zero attached hydrogens (tertiary/aromatic N) is 1. The molecule has 2 rings (SSSR count). The van der Waals surface area contributed by atoms with E-state index >= 15 is 0 Å². The number of ether oxygens (including phenoxy) is 2. The van der Waals surface area contributed by atoms with Crippen molar-refractivity contribution in [2.24, 2.45) is 5.92 Å². The maximum absolute atomic E-state index is 12.0. The molecule has 2 aliphatic rings. The molecule has 0 aromatic heterocycles. The Morgan fingerprint density at radius 2 is 1.60 bits per heavy atom. The van der Waals surface area contributed by atoms with Gasteiger partial charge in [-0.05, 0) is 32.1 Å². The molecular formula is C14H21NO5. The van der Waals surface area contributed by atoms with Gasteiger partial charge >= 0.3 is 11.9 Å². The maximum atomic E-state index is 12.0. The van der Waals surface area contributed by atoms with E-state index in [4.69, 9.17) is 9.47 Å². The van der Waals surface area contributed by atoms with E-state index in [2.05, 4.69) is 0 Å². The number of rotatable bonds is 3. The van der Waals surface area contributed by atoms with Crippen molar-refractivity contribution in [2.75, 3.05) is 14.2 Å². The van der Waals surface area contributed by atoms with Crippen molar-refractivity contribution in [3.05, 3.63) is 0 Å². The van der Waals surface area contributed by atoms with Gasteiger partial charge in [-0.1, -0.05) is 0 Å². The number of likely N-dealkylation sites (tertiary alicyclic amines) is 1. The van der Waals surface area contributed by atoms with Crippen molar-refractivity contribution in [1.82, 2.24) is 4.90 Å². The van der Waals surface area contributed by atoms with Crippen LogP contribution < -0.4 is 0 Å². The standard InChI is InChI=1S/C14H21NO5/c1-19-13(17)9-3-5-10(6-4-9)15-11(14(18)20-2)7-8-12(15)16/h9-11H,3-8H2,1-2H3. The van der Waals surface area contributed by atoms with Crippen LogP contribution in [0, 0.1) is 5.92 Å². The van der Waals surface area contributed by atoms with Crippen molar-refractivity contribution < 1.29 is 23.9 Å². The SMILES string of the molecule is COC(=O)C1CCC(N2C(=O)CCC2C(=O)OC)CC1. The molecule has 1 aliphatic carbocycles. The number of methoxy groups -OCH3 is 2. The van der Waals surface area contributed by atoms with Crippen LogP contribution in [0.4, 0.5) is 0 Å². The topological polar surface area (TPSA) is 72.9 Å². The number of hydrogen-bond acceptors (Lipinski definition) is 5. The summed E-state index contributed by atoms with van der Waals surface area (Å²) in [6, 6.07) is -0.415. The lowest BCUT2D eigenvalue weighted by molar-refractivity contribution is -0.153. The van der Waals surface area contributed by atoms with Gasteiger partial charge in [-0.2, -0.15) is 0 Å². The molecule has 0 radical (unpaired) electrons. The average molecular weight is 283 g/mol. The van der Waals surface area contributed by atoms with Gasteiger partial charge in [0.1, 0.15) is 6.04 Å². The zero-order chi connectivity index (χ0) is 14.7. The molecule has 1 atom stereocenters. The number of amides is 1. The van der Waals surface area contributed by atoms with E-state index in [9.17, 15) is 14.4 Å². The molecule has 6 nitrogen and oxygen atoms in total. The smallest absolute Gasteiger partial charge is 0.328 e. The van der Waals surface area contributed by atoms with Gasteiger partial charge in [0.05, 0.1) is 20.1 Å². The molecule has 0 bridgehead atoms. The van der Waals surface area contributed by atoms with Crippen LogP contribution in [-0.2, 0) is 23.9 Å². The third-order valence-corrected chi connectivity index (χ3v) is 4.35. The zero-order valence-corrected chi connectivity index (χ0v) is 12.0. The first-order valence-electron chi connectivity index (χ1n) is 7.05. The summed E-state index contributed by atoms with van der Waals surface area (Å²) in [5.41, 5.74) is 0. The first-order valence-corrected chi connectivity index (χ1v) is 7.05. The predicted octanol–water partition coefficient (Wildman–Crippen LogP) is 0.882. The second-order valence-electron chi connectivity index (χ2n) is 5.41. The molecule has 0 N–H and O–H groups in total. The highest BCUT2D eigenvalue weighted by atomic mass is 16.5. The Labute approximate surface area is 118 Å². The number of esters is 2. The van der Waals surface area contributed by atoms with Gasteiger partial charge in [0.25, 0.3) is 0 Å². The molecule has 1 saturated carbocycles. The fourth-order valence-corrected chi connectivity index (χ4v) is 3.28. The first kappa shape index (κ1) is 14.8. The molecule has 2 fully saturated rings. The lowest BCUT2D eigenvalue weighted by Gasteiger charge is -2.36. The zero-order valence-electron chi connectivity index (χ0n) is 12.0. The third-order valence-electron chi connectivity index (χ3n) is 4.35. The Bertz CT molecular complexity index is 400. The van der Waals surface area contributed by atoms with E-state index < -0.39 is 6.04 Å². The Balaban J connectivity index is 1.99. The summed E-state index contributed by atoms with van der Waals surface area (Å²) >= 11 is 0. The number of carbonyl (C=O) groups is 3. The van der Waals surface area contributed by atoms with Crippen LogP contribution in [0.25, 0.3) is 0 Å². The van der Waals surface area contributed by atoms with Crippen LogP contribution in [-0.4, -0.2) is 49.0 Å². The van der Waals surface area contributed by atoms with E-state index in [1.807, 2.05) is 0 Å². The van der Waals surface area contributed by atoms with Crippen molar-refractivity contribution in [3.63, 3.8) is 0 Å². The van der Waals surface area contributed by atoms with Crippen molar-refractivity contribution in [3.8, 4) is 0 Å². The molecular weight excluding hydrogens is 262 g/mol. The lowest BCUT2D eigenvalue weighted by atomic mass is 9.85. The Morgan fingerprint density at radius 3 is 2.15 bits per heavy atom. The van der Waals surface area contributed by atoms with E-state index in [0.717, 1.165) is 12.8 Å². The molecule has 1 aliphatic heterocycles. The van der Waals surface area contributed by atoms with Gasteiger partial charge < -0.3 is 14.4 Å². The van der Waals surface area contributed by atoms with Gasteiger partial charge in [-0.25, -0.2) is 4.79 Å². The van der Waals surface area contributed by atoms with Crippen LogP contribution in [0.3, 0.4) is 0 Å². The monoisotopic (exact) mass is 283 g/mol. The molecule has 1 unspecified atom stereocenters. The first-order chi connectivity index (χ1) is 9.58. The van der Waals surface area contributed by atoms with Crippen LogP contribution >= 0.6 is 0 Å². The molecule has 6 heteroatoms. The Kier molecular flexibility index (Phi) is 4.62. The molecule has 1 amide bonds. The molecule has 0 aromatic rings. The number of hydrogen-bond donors (Lipinski definition) is 0. The third kappa shape index (κ3) is 2.78. The predicted molar refractivity (Wildman–Crippen MR) is 69.6 cm³/mol. The Hall–Kier alpha value is -1.59. The largest absolute Gasteiger partial charge is 0.469 e. The molecule has 20 heavy (non-hydrogen) atoms. The van der Waals surface area contributed by atoms with Crippen LogP contribution in [0.15, 0.2) is 0 Å². The van der Waals surface area contributed by atoms with Crippen LogP contribution in [0.5, 0.6) is 0 Å². The summed E-state index contributed by atoms with van der Waals surface area (Å²) in [5.74, 6) is -0.584. The fourth-order valence-electron chi connectivity index (χ4n) is 3.28. The van der Waals surface area contributed by atoms with E-state index in [0.29, 0.717) is 25.7 Å². The highest BCUT2D eigenvalue weighted by molar-refractivity contribution is 5.88. The average Bonchev–Trinajstić information content (AvgIpc) is 2.87. The molecule has 0 aromatic carbocycles. The van der Waals surface area contributed by atoms with E-state index in [-0.39, 0.29) is 29.8 Å². The minimum Gasteiger partial charge on any atom is -0.469 e. The normalized spacial score (nSPS) is 30.2. The summed E-state index contributed by atoms with van der Waals surface area (Å²) in [7, 11) is 2.74. The number of carbonyl (C=O) groups excluding carboxylic acids is 3. The van der Waals surface area contributed by atoms with Gasteiger partial charge in [-0.3, -0.25) is 9.59 Å². The van der Waals surface area contributed by atoms with Crippen molar-refractivity contribution in [1.29, 1.82) is 0 Å². The van der Waals surface area contributed by atoms with Gasteiger partial charge in [0.15, 0.2) is 0 Å². The second-order valence-corrected chi connectivity index (χ2v) is 5.41. The highest BCUT2D eigenvalue weighted by Gasteiger charge is 2.42. The fraction of sp³-hybridized carbons (Fsp3) is 0.786. The lowest BCUT2D eigenvalue weighted by Crippen LogP contribution is -2.47.